The van der Waals surface area contributed by atoms with Gasteiger partial charge in [-0.1, -0.05) is 0 Å². The number of carbonyl (C=O) groups is 2. The summed E-state index contributed by atoms with van der Waals surface area (Å²) in [6, 6.07) is -0.835. The quantitative estimate of drug-likeness (QED) is 0.632. The highest BCUT2D eigenvalue weighted by atomic mass is 16.4. The van der Waals surface area contributed by atoms with Crippen LogP contribution in [-0.4, -0.2) is 40.5 Å². The highest BCUT2D eigenvalue weighted by Crippen LogP contribution is 2.38. The summed E-state index contributed by atoms with van der Waals surface area (Å²) in [5.74, 6) is -0.990. The fourth-order valence-electron chi connectivity index (χ4n) is 2.07. The average molecular weight is 198 g/mol. The molecule has 0 aromatic carbocycles. The number of carbonyl (C=O) groups excluding carboxylic acids is 1. The summed E-state index contributed by atoms with van der Waals surface area (Å²) >= 11 is 0. The lowest BCUT2D eigenvalue weighted by atomic mass is 9.97. The van der Waals surface area contributed by atoms with Crippen LogP contribution >= 0.6 is 0 Å². The van der Waals surface area contributed by atoms with Crippen LogP contribution in [0.2, 0.25) is 0 Å². The molecule has 2 aliphatic rings. The summed E-state index contributed by atoms with van der Waals surface area (Å²) in [6.07, 6.45) is 2.61. The van der Waals surface area contributed by atoms with Crippen molar-refractivity contribution >= 4 is 11.9 Å². The molecule has 5 heteroatoms. The lowest BCUT2D eigenvalue weighted by molar-refractivity contribution is -0.150. The molecule has 0 bridgehead atoms. The number of amides is 1. The molecule has 2 unspecified atom stereocenters. The lowest BCUT2D eigenvalue weighted by Gasteiger charge is -2.42. The summed E-state index contributed by atoms with van der Waals surface area (Å²) in [7, 11) is 0. The van der Waals surface area contributed by atoms with Gasteiger partial charge in [0, 0.05) is 6.54 Å². The zero-order valence-corrected chi connectivity index (χ0v) is 7.85. The SMILES string of the molecule is NC(=O)C1CCN1C(C(=O)O)C1CC1. The first-order valence-electron chi connectivity index (χ1n) is 4.89. The maximum absolute atomic E-state index is 11.0. The molecule has 1 saturated heterocycles. The van der Waals surface area contributed by atoms with Gasteiger partial charge in [-0.25, -0.2) is 0 Å². The van der Waals surface area contributed by atoms with Crippen molar-refractivity contribution in [2.24, 2.45) is 11.7 Å². The van der Waals surface area contributed by atoms with Gasteiger partial charge in [-0.2, -0.15) is 0 Å². The molecule has 1 heterocycles. The highest BCUT2D eigenvalue weighted by molar-refractivity contribution is 5.83. The fraction of sp³-hybridized carbons (Fsp3) is 0.778. The molecule has 1 aliphatic carbocycles. The molecule has 2 fully saturated rings. The van der Waals surface area contributed by atoms with E-state index >= 15 is 0 Å². The Morgan fingerprint density at radius 1 is 1.36 bits per heavy atom. The maximum atomic E-state index is 11.0. The molecular formula is C9H14N2O3. The number of nitrogens with two attached hydrogens (primary N) is 1. The van der Waals surface area contributed by atoms with E-state index < -0.39 is 17.9 Å². The molecule has 5 nitrogen and oxygen atoms in total. The number of carboxylic acid groups (broad SMARTS) is 1. The minimum atomic E-state index is -0.821. The van der Waals surface area contributed by atoms with Crippen LogP contribution in [0, 0.1) is 5.92 Å². The van der Waals surface area contributed by atoms with Gasteiger partial charge < -0.3 is 10.8 Å². The molecular weight excluding hydrogens is 184 g/mol. The Morgan fingerprint density at radius 3 is 2.29 bits per heavy atom. The van der Waals surface area contributed by atoms with Crippen molar-refractivity contribution in [3.63, 3.8) is 0 Å². The normalized spacial score (nSPS) is 29.3. The Hall–Kier alpha value is -1.10. The number of rotatable bonds is 4. The predicted octanol–water partition coefficient (Wildman–Crippen LogP) is -0.591. The van der Waals surface area contributed by atoms with E-state index in [9.17, 15) is 9.59 Å². The Labute approximate surface area is 81.9 Å². The van der Waals surface area contributed by atoms with Gasteiger partial charge in [-0.3, -0.25) is 14.5 Å². The van der Waals surface area contributed by atoms with Gasteiger partial charge in [-0.15, -0.1) is 0 Å². The Bertz CT molecular complexity index is 275. The van der Waals surface area contributed by atoms with Crippen molar-refractivity contribution in [1.29, 1.82) is 0 Å². The molecule has 2 rings (SSSR count). The Balaban J connectivity index is 2.04. The third-order valence-electron chi connectivity index (χ3n) is 3.07. The molecule has 3 N–H and O–H groups in total. The molecule has 2 atom stereocenters. The van der Waals surface area contributed by atoms with Gasteiger partial charge in [0.15, 0.2) is 0 Å². The zero-order valence-electron chi connectivity index (χ0n) is 7.85. The zero-order chi connectivity index (χ0) is 10.3. The second-order valence-electron chi connectivity index (χ2n) is 4.07. The minimum Gasteiger partial charge on any atom is -0.480 e. The number of hydrogen-bond acceptors (Lipinski definition) is 3. The van der Waals surface area contributed by atoms with E-state index in [-0.39, 0.29) is 12.0 Å². The first-order chi connectivity index (χ1) is 6.61. The van der Waals surface area contributed by atoms with Gasteiger partial charge in [0.2, 0.25) is 5.91 Å². The molecule has 14 heavy (non-hydrogen) atoms. The van der Waals surface area contributed by atoms with Crippen LogP contribution in [0.5, 0.6) is 0 Å². The predicted molar refractivity (Wildman–Crippen MR) is 48.5 cm³/mol. The second-order valence-corrected chi connectivity index (χ2v) is 4.07. The fourth-order valence-corrected chi connectivity index (χ4v) is 2.07. The minimum absolute atomic E-state index is 0.231. The molecule has 78 valence electrons. The summed E-state index contributed by atoms with van der Waals surface area (Å²) in [6.45, 7) is 0.682. The van der Waals surface area contributed by atoms with E-state index in [2.05, 4.69) is 0 Å². The lowest BCUT2D eigenvalue weighted by Crippen LogP contribution is -2.61. The van der Waals surface area contributed by atoms with E-state index in [4.69, 9.17) is 10.8 Å². The van der Waals surface area contributed by atoms with Crippen LogP contribution in [0.4, 0.5) is 0 Å². The van der Waals surface area contributed by atoms with Crippen molar-refractivity contribution in [3.05, 3.63) is 0 Å². The Morgan fingerprint density at radius 2 is 2.00 bits per heavy atom. The van der Waals surface area contributed by atoms with E-state index in [0.717, 1.165) is 12.8 Å². The van der Waals surface area contributed by atoms with Crippen LogP contribution in [0.15, 0.2) is 0 Å². The van der Waals surface area contributed by atoms with Gasteiger partial charge in [0.1, 0.15) is 6.04 Å². The molecule has 1 aliphatic heterocycles. The molecule has 1 saturated carbocycles. The van der Waals surface area contributed by atoms with Gasteiger partial charge in [-0.05, 0) is 25.2 Å². The smallest absolute Gasteiger partial charge is 0.321 e. The van der Waals surface area contributed by atoms with Gasteiger partial charge in [0.25, 0.3) is 0 Å². The maximum Gasteiger partial charge on any atom is 0.321 e. The van der Waals surface area contributed by atoms with Crippen molar-refractivity contribution < 1.29 is 14.7 Å². The van der Waals surface area contributed by atoms with E-state index in [0.29, 0.717) is 13.0 Å². The Kier molecular flexibility index (Phi) is 2.19. The van der Waals surface area contributed by atoms with Gasteiger partial charge >= 0.3 is 5.97 Å². The molecule has 0 aromatic rings. The molecule has 1 amide bonds. The topological polar surface area (TPSA) is 83.6 Å². The summed E-state index contributed by atoms with van der Waals surface area (Å²) in [4.78, 5) is 23.7. The van der Waals surface area contributed by atoms with Crippen molar-refractivity contribution in [1.82, 2.24) is 4.90 Å². The van der Waals surface area contributed by atoms with Crippen LogP contribution in [-0.2, 0) is 9.59 Å². The average Bonchev–Trinajstić information content (AvgIpc) is 2.77. The third kappa shape index (κ3) is 1.48. The number of carboxylic acids is 1. The number of primary amides is 1. The molecule has 0 radical (unpaired) electrons. The molecule has 0 aromatic heterocycles. The van der Waals surface area contributed by atoms with Crippen molar-refractivity contribution in [2.45, 2.75) is 31.3 Å². The summed E-state index contributed by atoms with van der Waals surface area (Å²) in [5.41, 5.74) is 5.17. The third-order valence-corrected chi connectivity index (χ3v) is 3.07. The van der Waals surface area contributed by atoms with Crippen molar-refractivity contribution in [3.8, 4) is 0 Å². The van der Waals surface area contributed by atoms with Crippen LogP contribution in [0.3, 0.4) is 0 Å². The van der Waals surface area contributed by atoms with E-state index in [1.54, 1.807) is 4.90 Å². The van der Waals surface area contributed by atoms with Crippen molar-refractivity contribution in [2.75, 3.05) is 6.54 Å². The van der Waals surface area contributed by atoms with Crippen LogP contribution in [0.1, 0.15) is 19.3 Å². The number of aliphatic carboxylic acids is 1. The monoisotopic (exact) mass is 198 g/mol. The van der Waals surface area contributed by atoms with Crippen LogP contribution < -0.4 is 5.73 Å². The number of hydrogen-bond donors (Lipinski definition) is 2. The van der Waals surface area contributed by atoms with Crippen LogP contribution in [0.25, 0.3) is 0 Å². The first kappa shape index (κ1) is 9.45. The largest absolute Gasteiger partial charge is 0.480 e. The number of nitrogens with zero attached hydrogens (tertiary/aromatic N) is 1. The standard InChI is InChI=1S/C9H14N2O3/c10-8(12)6-3-4-11(6)7(9(13)14)5-1-2-5/h5-7H,1-4H2,(H2,10,12)(H,13,14). The first-order valence-corrected chi connectivity index (χ1v) is 4.89. The van der Waals surface area contributed by atoms with Gasteiger partial charge in [0.05, 0.1) is 6.04 Å². The summed E-state index contributed by atoms with van der Waals surface area (Å²) in [5, 5.41) is 9.02. The van der Waals surface area contributed by atoms with E-state index in [1.165, 1.54) is 0 Å². The second kappa shape index (κ2) is 3.24. The van der Waals surface area contributed by atoms with E-state index in [1.807, 2.05) is 0 Å². The molecule has 0 spiro atoms. The number of likely N-dealkylation sites (tertiary alicyclic amines) is 1. The highest BCUT2D eigenvalue weighted by Gasteiger charge is 2.47. The summed E-state index contributed by atoms with van der Waals surface area (Å²) < 4.78 is 0.